The molecule has 0 radical (unpaired) electrons. The van der Waals surface area contributed by atoms with E-state index in [1.807, 2.05) is 30.3 Å². The Morgan fingerprint density at radius 3 is 2.61 bits per heavy atom. The number of carbonyl (C=O) groups excluding carboxylic acids is 1. The average molecular weight is 243 g/mol. The predicted molar refractivity (Wildman–Crippen MR) is 68.6 cm³/mol. The first-order chi connectivity index (χ1) is 8.63. The quantitative estimate of drug-likeness (QED) is 0.815. The van der Waals surface area contributed by atoms with Crippen molar-refractivity contribution in [1.82, 2.24) is 9.55 Å². The summed E-state index contributed by atoms with van der Waals surface area (Å²) in [6.07, 6.45) is 0.624. The largest absolute Gasteiger partial charge is 0.384 e. The third kappa shape index (κ3) is 2.15. The van der Waals surface area contributed by atoms with Gasteiger partial charge < -0.3 is 5.73 Å². The fourth-order valence-electron chi connectivity index (χ4n) is 1.76. The highest BCUT2D eigenvalue weighted by molar-refractivity contribution is 5.83. The molecule has 0 aliphatic carbocycles. The van der Waals surface area contributed by atoms with E-state index >= 15 is 0 Å². The van der Waals surface area contributed by atoms with Gasteiger partial charge in [-0.05, 0) is 12.5 Å². The maximum absolute atomic E-state index is 11.8. The van der Waals surface area contributed by atoms with Gasteiger partial charge in [0, 0.05) is 0 Å². The van der Waals surface area contributed by atoms with Crippen LogP contribution in [-0.2, 0) is 6.54 Å². The first-order valence-corrected chi connectivity index (χ1v) is 5.49. The summed E-state index contributed by atoms with van der Waals surface area (Å²) in [5.41, 5.74) is 6.94. The molecule has 1 aromatic heterocycles. The average Bonchev–Trinajstić information content (AvgIpc) is 2.36. The number of aldehydes is 1. The van der Waals surface area contributed by atoms with Crippen LogP contribution >= 0.6 is 0 Å². The molecule has 5 heteroatoms. The summed E-state index contributed by atoms with van der Waals surface area (Å²) in [4.78, 5) is 26.5. The Kier molecular flexibility index (Phi) is 3.23. The zero-order valence-corrected chi connectivity index (χ0v) is 9.96. The molecule has 0 aliphatic rings. The maximum Gasteiger partial charge on any atom is 0.349 e. The smallest absolute Gasteiger partial charge is 0.349 e. The number of benzene rings is 1. The minimum absolute atomic E-state index is 0.159. The third-order valence-electron chi connectivity index (χ3n) is 2.75. The van der Waals surface area contributed by atoms with Crippen LogP contribution in [0.25, 0.3) is 0 Å². The highest BCUT2D eigenvalue weighted by Gasteiger charge is 2.11. The van der Waals surface area contributed by atoms with Crippen molar-refractivity contribution in [3.63, 3.8) is 0 Å². The van der Waals surface area contributed by atoms with Gasteiger partial charge in [0.1, 0.15) is 5.82 Å². The minimum atomic E-state index is -0.445. The lowest BCUT2D eigenvalue weighted by atomic mass is 10.2. The molecule has 1 aromatic carbocycles. The number of nitrogen functional groups attached to an aromatic ring is 1. The van der Waals surface area contributed by atoms with Crippen molar-refractivity contribution < 1.29 is 4.79 Å². The number of hydrogen-bond donors (Lipinski definition) is 1. The fraction of sp³-hybridized carbons (Fsp3) is 0.154. The van der Waals surface area contributed by atoms with E-state index in [9.17, 15) is 9.59 Å². The Morgan fingerprint density at radius 2 is 2.00 bits per heavy atom. The number of nitrogens with zero attached hydrogens (tertiary/aromatic N) is 2. The summed E-state index contributed by atoms with van der Waals surface area (Å²) >= 11 is 0. The van der Waals surface area contributed by atoms with Gasteiger partial charge in [0.05, 0.1) is 17.8 Å². The molecule has 0 fully saturated rings. The number of aromatic nitrogens is 2. The van der Waals surface area contributed by atoms with Gasteiger partial charge in [0.2, 0.25) is 0 Å². The van der Waals surface area contributed by atoms with E-state index in [0.29, 0.717) is 18.5 Å². The molecule has 0 spiro atoms. The maximum atomic E-state index is 11.8. The zero-order chi connectivity index (χ0) is 13.1. The van der Waals surface area contributed by atoms with Crippen molar-refractivity contribution >= 4 is 12.1 Å². The normalized spacial score (nSPS) is 10.3. The molecule has 2 N–H and O–H groups in total. The van der Waals surface area contributed by atoms with Gasteiger partial charge in [-0.25, -0.2) is 4.79 Å². The molecule has 2 rings (SSSR count). The van der Waals surface area contributed by atoms with Gasteiger partial charge in [-0.15, -0.1) is 0 Å². The van der Waals surface area contributed by atoms with Crippen LogP contribution in [-0.4, -0.2) is 15.8 Å². The van der Waals surface area contributed by atoms with E-state index in [1.165, 1.54) is 4.57 Å². The molecule has 0 unspecified atom stereocenters. The number of hydrogen-bond acceptors (Lipinski definition) is 4. The second kappa shape index (κ2) is 4.83. The number of rotatable bonds is 3. The van der Waals surface area contributed by atoms with Crippen LogP contribution in [0.3, 0.4) is 0 Å². The second-order valence-electron chi connectivity index (χ2n) is 3.97. The highest BCUT2D eigenvalue weighted by Crippen LogP contribution is 2.11. The Balaban J connectivity index is 2.52. The van der Waals surface area contributed by atoms with Gasteiger partial charge in [-0.2, -0.15) is 4.98 Å². The minimum Gasteiger partial charge on any atom is -0.384 e. The van der Waals surface area contributed by atoms with Crippen LogP contribution < -0.4 is 11.4 Å². The van der Waals surface area contributed by atoms with E-state index in [0.717, 1.165) is 5.56 Å². The Labute approximate surface area is 104 Å². The summed E-state index contributed by atoms with van der Waals surface area (Å²) in [6, 6.07) is 9.40. The first-order valence-electron chi connectivity index (χ1n) is 5.49. The molecule has 0 atom stereocenters. The second-order valence-corrected chi connectivity index (χ2v) is 3.97. The van der Waals surface area contributed by atoms with Gasteiger partial charge in [-0.1, -0.05) is 30.3 Å². The molecule has 0 aliphatic heterocycles. The van der Waals surface area contributed by atoms with Crippen LogP contribution in [0.2, 0.25) is 0 Å². The van der Waals surface area contributed by atoms with Crippen molar-refractivity contribution in [2.75, 3.05) is 5.73 Å². The van der Waals surface area contributed by atoms with Crippen LogP contribution in [0.1, 0.15) is 21.6 Å². The lowest BCUT2D eigenvalue weighted by Gasteiger charge is -2.11. The number of anilines is 1. The summed E-state index contributed by atoms with van der Waals surface area (Å²) in [6.45, 7) is 1.90. The molecule has 2 aromatic rings. The monoisotopic (exact) mass is 243 g/mol. The lowest BCUT2D eigenvalue weighted by Crippen LogP contribution is -2.28. The number of nitrogens with two attached hydrogens (primary N) is 1. The van der Waals surface area contributed by atoms with E-state index in [1.54, 1.807) is 6.92 Å². The molecule has 1 heterocycles. The summed E-state index contributed by atoms with van der Waals surface area (Å²) < 4.78 is 1.30. The number of aryl methyl sites for hydroxylation is 1. The first kappa shape index (κ1) is 12.0. The van der Waals surface area contributed by atoms with Crippen molar-refractivity contribution in [2.45, 2.75) is 13.5 Å². The Morgan fingerprint density at radius 1 is 1.33 bits per heavy atom. The van der Waals surface area contributed by atoms with Crippen molar-refractivity contribution in [2.24, 2.45) is 0 Å². The predicted octanol–water partition coefficient (Wildman–Crippen LogP) is 0.995. The van der Waals surface area contributed by atoms with Gasteiger partial charge in [-0.3, -0.25) is 9.36 Å². The Bertz CT molecular complexity index is 633. The van der Waals surface area contributed by atoms with Gasteiger partial charge in [0.25, 0.3) is 0 Å². The molecule has 18 heavy (non-hydrogen) atoms. The zero-order valence-electron chi connectivity index (χ0n) is 9.96. The molecule has 0 saturated heterocycles. The lowest BCUT2D eigenvalue weighted by molar-refractivity contribution is 0.112. The molecular formula is C13H13N3O2. The van der Waals surface area contributed by atoms with Crippen LogP contribution in [0.5, 0.6) is 0 Å². The SMILES string of the molecule is Cc1nc(=O)n(Cc2ccccc2)c(N)c1C=O. The van der Waals surface area contributed by atoms with Crippen molar-refractivity contribution in [1.29, 1.82) is 0 Å². The van der Waals surface area contributed by atoms with E-state index in [4.69, 9.17) is 5.73 Å². The molecule has 5 nitrogen and oxygen atoms in total. The molecular weight excluding hydrogens is 230 g/mol. The van der Waals surface area contributed by atoms with Gasteiger partial charge in [0.15, 0.2) is 6.29 Å². The molecule has 0 saturated carbocycles. The van der Waals surface area contributed by atoms with E-state index in [-0.39, 0.29) is 11.4 Å². The van der Waals surface area contributed by atoms with E-state index in [2.05, 4.69) is 4.98 Å². The molecule has 0 amide bonds. The fourth-order valence-corrected chi connectivity index (χ4v) is 1.76. The van der Waals surface area contributed by atoms with Crippen molar-refractivity contribution in [3.8, 4) is 0 Å². The Hall–Kier alpha value is -2.43. The van der Waals surface area contributed by atoms with Crippen LogP contribution in [0, 0.1) is 6.92 Å². The topological polar surface area (TPSA) is 78.0 Å². The summed E-state index contributed by atoms with van der Waals surface area (Å²) in [5, 5.41) is 0. The highest BCUT2D eigenvalue weighted by atomic mass is 16.1. The molecule has 92 valence electrons. The van der Waals surface area contributed by atoms with Crippen LogP contribution in [0.15, 0.2) is 35.1 Å². The van der Waals surface area contributed by atoms with Crippen LogP contribution in [0.4, 0.5) is 5.82 Å². The number of carbonyl (C=O) groups is 1. The molecule has 0 bridgehead atoms. The van der Waals surface area contributed by atoms with Crippen molar-refractivity contribution in [3.05, 3.63) is 57.6 Å². The third-order valence-corrected chi connectivity index (χ3v) is 2.75. The van der Waals surface area contributed by atoms with Gasteiger partial charge >= 0.3 is 5.69 Å². The summed E-state index contributed by atoms with van der Waals surface area (Å²) in [5.74, 6) is 0.159. The summed E-state index contributed by atoms with van der Waals surface area (Å²) in [7, 11) is 0. The standard InChI is InChI=1S/C13H13N3O2/c1-9-11(8-17)12(14)16(13(18)15-9)7-10-5-3-2-4-6-10/h2-6,8H,7,14H2,1H3. The van der Waals surface area contributed by atoms with E-state index < -0.39 is 5.69 Å².